The van der Waals surface area contributed by atoms with Crippen molar-refractivity contribution in [2.45, 2.75) is 0 Å². The molecule has 17 heavy (non-hydrogen) atoms. The number of aromatic amines is 1. The van der Waals surface area contributed by atoms with E-state index in [0.29, 0.717) is 21.7 Å². The highest BCUT2D eigenvalue weighted by molar-refractivity contribution is 6.30. The van der Waals surface area contributed by atoms with Crippen LogP contribution in [0.1, 0.15) is 0 Å². The van der Waals surface area contributed by atoms with Crippen molar-refractivity contribution < 1.29 is 4.42 Å². The van der Waals surface area contributed by atoms with Crippen molar-refractivity contribution in [3.05, 3.63) is 52.0 Å². The molecule has 3 rings (SSSR count). The van der Waals surface area contributed by atoms with E-state index in [2.05, 4.69) is 10.2 Å². The fraction of sp³-hybridized carbons (Fsp3) is 0. The standard InChI is InChI=1S/C12H7ClN2O2/c13-8-3-1-2-7(6-8)10-11-9(4-5-17-11)12(16)15-14-10/h1-6H,(H,15,16). The quantitative estimate of drug-likeness (QED) is 0.718. The lowest BCUT2D eigenvalue weighted by Crippen LogP contribution is -2.07. The van der Waals surface area contributed by atoms with Crippen molar-refractivity contribution in [1.29, 1.82) is 0 Å². The average molecular weight is 247 g/mol. The number of benzene rings is 1. The van der Waals surface area contributed by atoms with Crippen LogP contribution in [0.4, 0.5) is 0 Å². The van der Waals surface area contributed by atoms with E-state index in [-0.39, 0.29) is 5.56 Å². The van der Waals surface area contributed by atoms with E-state index in [1.54, 1.807) is 18.2 Å². The molecule has 0 amide bonds. The molecule has 0 bridgehead atoms. The van der Waals surface area contributed by atoms with Crippen LogP contribution in [0.25, 0.3) is 22.2 Å². The van der Waals surface area contributed by atoms with E-state index in [4.69, 9.17) is 16.0 Å². The van der Waals surface area contributed by atoms with E-state index in [1.807, 2.05) is 12.1 Å². The van der Waals surface area contributed by atoms with E-state index in [1.165, 1.54) is 6.26 Å². The zero-order chi connectivity index (χ0) is 11.8. The molecule has 1 N–H and O–H groups in total. The minimum Gasteiger partial charge on any atom is -0.462 e. The largest absolute Gasteiger partial charge is 0.462 e. The summed E-state index contributed by atoms with van der Waals surface area (Å²) in [4.78, 5) is 11.5. The second kappa shape index (κ2) is 3.75. The molecule has 0 atom stereocenters. The maximum absolute atomic E-state index is 11.5. The van der Waals surface area contributed by atoms with Crippen molar-refractivity contribution in [3.8, 4) is 11.3 Å². The van der Waals surface area contributed by atoms with Crippen molar-refractivity contribution in [1.82, 2.24) is 10.2 Å². The van der Waals surface area contributed by atoms with E-state index in [0.717, 1.165) is 5.56 Å². The molecule has 0 radical (unpaired) electrons. The number of furan rings is 1. The van der Waals surface area contributed by atoms with Gasteiger partial charge in [-0.05, 0) is 18.2 Å². The van der Waals surface area contributed by atoms with Crippen LogP contribution in [0.2, 0.25) is 5.02 Å². The lowest BCUT2D eigenvalue weighted by atomic mass is 10.1. The molecule has 2 aromatic heterocycles. The number of rotatable bonds is 1. The van der Waals surface area contributed by atoms with Gasteiger partial charge in [0.15, 0.2) is 5.58 Å². The Hall–Kier alpha value is -2.07. The summed E-state index contributed by atoms with van der Waals surface area (Å²) in [5.41, 5.74) is 1.58. The van der Waals surface area contributed by atoms with Gasteiger partial charge < -0.3 is 4.42 Å². The maximum Gasteiger partial charge on any atom is 0.275 e. The molecular weight excluding hydrogens is 240 g/mol. The molecule has 0 aliphatic carbocycles. The fourth-order valence-corrected chi connectivity index (χ4v) is 1.91. The normalized spacial score (nSPS) is 10.9. The van der Waals surface area contributed by atoms with Gasteiger partial charge in [0.05, 0.1) is 11.6 Å². The monoisotopic (exact) mass is 246 g/mol. The molecule has 2 heterocycles. The molecule has 84 valence electrons. The molecule has 0 fully saturated rings. The number of hydrogen-bond acceptors (Lipinski definition) is 3. The molecular formula is C12H7ClN2O2. The van der Waals surface area contributed by atoms with Gasteiger partial charge in [-0.2, -0.15) is 5.10 Å². The third kappa shape index (κ3) is 1.62. The first kappa shape index (κ1) is 10.1. The smallest absolute Gasteiger partial charge is 0.275 e. The molecule has 0 aliphatic rings. The van der Waals surface area contributed by atoms with E-state index in [9.17, 15) is 4.79 Å². The molecule has 0 aliphatic heterocycles. The van der Waals surface area contributed by atoms with Crippen LogP contribution in [0.5, 0.6) is 0 Å². The summed E-state index contributed by atoms with van der Waals surface area (Å²) < 4.78 is 5.30. The zero-order valence-corrected chi connectivity index (χ0v) is 9.36. The lowest BCUT2D eigenvalue weighted by molar-refractivity contribution is 0.614. The third-order valence-electron chi connectivity index (χ3n) is 2.49. The Morgan fingerprint density at radius 2 is 2.18 bits per heavy atom. The van der Waals surface area contributed by atoms with Crippen molar-refractivity contribution in [2.75, 3.05) is 0 Å². The first-order chi connectivity index (χ1) is 8.25. The van der Waals surface area contributed by atoms with Crippen molar-refractivity contribution >= 4 is 22.6 Å². The van der Waals surface area contributed by atoms with Gasteiger partial charge in [0.25, 0.3) is 5.56 Å². The Morgan fingerprint density at radius 1 is 1.29 bits per heavy atom. The van der Waals surface area contributed by atoms with Gasteiger partial charge in [-0.1, -0.05) is 23.7 Å². The van der Waals surface area contributed by atoms with Gasteiger partial charge in [-0.15, -0.1) is 0 Å². The van der Waals surface area contributed by atoms with Gasteiger partial charge in [-0.25, -0.2) is 5.10 Å². The SMILES string of the molecule is O=c1[nH]nc(-c2cccc(Cl)c2)c2occc12. The third-order valence-corrected chi connectivity index (χ3v) is 2.73. The molecule has 4 nitrogen and oxygen atoms in total. The van der Waals surface area contributed by atoms with Crippen LogP contribution in [0, 0.1) is 0 Å². The fourth-order valence-electron chi connectivity index (χ4n) is 1.72. The van der Waals surface area contributed by atoms with Gasteiger partial charge in [0.1, 0.15) is 5.69 Å². The maximum atomic E-state index is 11.5. The molecule has 1 aromatic carbocycles. The van der Waals surface area contributed by atoms with E-state index >= 15 is 0 Å². The molecule has 5 heteroatoms. The summed E-state index contributed by atoms with van der Waals surface area (Å²) >= 11 is 5.92. The van der Waals surface area contributed by atoms with E-state index < -0.39 is 0 Å². The summed E-state index contributed by atoms with van der Waals surface area (Å²) in [5.74, 6) is 0. The number of nitrogens with one attached hydrogen (secondary N) is 1. The predicted molar refractivity (Wildman–Crippen MR) is 65.1 cm³/mol. The average Bonchev–Trinajstić information content (AvgIpc) is 2.79. The molecule has 0 spiro atoms. The van der Waals surface area contributed by atoms with Crippen LogP contribution < -0.4 is 5.56 Å². The first-order valence-corrected chi connectivity index (χ1v) is 5.35. The summed E-state index contributed by atoms with van der Waals surface area (Å²) in [7, 11) is 0. The Bertz CT molecular complexity index is 745. The zero-order valence-electron chi connectivity index (χ0n) is 8.61. The second-order valence-corrected chi connectivity index (χ2v) is 4.01. The number of nitrogens with zero attached hydrogens (tertiary/aromatic N) is 1. The van der Waals surface area contributed by atoms with Gasteiger partial charge in [0, 0.05) is 10.6 Å². The summed E-state index contributed by atoms with van der Waals surface area (Å²) in [6.07, 6.45) is 1.47. The van der Waals surface area contributed by atoms with Crippen LogP contribution >= 0.6 is 11.6 Å². The van der Waals surface area contributed by atoms with Gasteiger partial charge >= 0.3 is 0 Å². The van der Waals surface area contributed by atoms with Crippen LogP contribution in [-0.4, -0.2) is 10.2 Å². The van der Waals surface area contributed by atoms with Crippen LogP contribution in [0.3, 0.4) is 0 Å². The number of halogens is 1. The number of fused-ring (bicyclic) bond motifs is 1. The van der Waals surface area contributed by atoms with Gasteiger partial charge in [0.2, 0.25) is 0 Å². The van der Waals surface area contributed by atoms with Crippen molar-refractivity contribution in [2.24, 2.45) is 0 Å². The van der Waals surface area contributed by atoms with Gasteiger partial charge in [-0.3, -0.25) is 4.79 Å². The Balaban J connectivity index is 2.35. The lowest BCUT2D eigenvalue weighted by Gasteiger charge is -2.01. The highest BCUT2D eigenvalue weighted by Crippen LogP contribution is 2.26. The number of aromatic nitrogens is 2. The summed E-state index contributed by atoms with van der Waals surface area (Å²) in [6.45, 7) is 0. The Morgan fingerprint density at radius 3 is 3.00 bits per heavy atom. The van der Waals surface area contributed by atoms with Crippen LogP contribution in [-0.2, 0) is 0 Å². The Labute approximate surface area is 101 Å². The van der Waals surface area contributed by atoms with Crippen LogP contribution in [0.15, 0.2) is 45.8 Å². The minimum atomic E-state index is -0.264. The minimum absolute atomic E-state index is 0.264. The highest BCUT2D eigenvalue weighted by atomic mass is 35.5. The second-order valence-electron chi connectivity index (χ2n) is 3.58. The summed E-state index contributed by atoms with van der Waals surface area (Å²) in [6, 6.07) is 8.83. The van der Waals surface area contributed by atoms with Crippen molar-refractivity contribution in [3.63, 3.8) is 0 Å². The molecule has 0 saturated heterocycles. The Kier molecular flexibility index (Phi) is 2.23. The predicted octanol–water partition coefficient (Wildman–Crippen LogP) is 2.84. The topological polar surface area (TPSA) is 58.9 Å². The first-order valence-electron chi connectivity index (χ1n) is 4.97. The molecule has 3 aromatic rings. The number of H-pyrrole nitrogens is 1. The number of hydrogen-bond donors (Lipinski definition) is 1. The summed E-state index contributed by atoms with van der Waals surface area (Å²) in [5, 5.41) is 7.53. The molecule has 0 unspecified atom stereocenters. The molecule has 0 saturated carbocycles. The highest BCUT2D eigenvalue weighted by Gasteiger charge is 2.11.